The number of thiazole rings is 1. The molecular weight excluding hydrogens is 472 g/mol. The van der Waals surface area contributed by atoms with E-state index in [0.717, 1.165) is 16.5 Å². The highest BCUT2D eigenvalue weighted by atomic mass is 32.2. The molecule has 4 aromatic rings. The van der Waals surface area contributed by atoms with Gasteiger partial charge in [0.05, 0.1) is 23.3 Å². The van der Waals surface area contributed by atoms with E-state index in [0.29, 0.717) is 28.3 Å². The Balaban J connectivity index is 1.62. The van der Waals surface area contributed by atoms with E-state index in [1.54, 1.807) is 55.6 Å². The minimum Gasteiger partial charge on any atom is -0.495 e. The molecule has 0 saturated carbocycles. The summed E-state index contributed by atoms with van der Waals surface area (Å²) in [5, 5.41) is 5.48. The normalized spacial score (nSPS) is 11.3. The van der Waals surface area contributed by atoms with Gasteiger partial charge in [-0.25, -0.2) is 13.4 Å². The number of rotatable bonds is 7. The molecular formula is C24H24N4O4S2. The number of para-hydroxylation sites is 2. The Kier molecular flexibility index (Phi) is 6.45. The van der Waals surface area contributed by atoms with Gasteiger partial charge < -0.3 is 10.1 Å². The van der Waals surface area contributed by atoms with Gasteiger partial charge in [0.25, 0.3) is 15.9 Å². The Bertz CT molecular complexity index is 1460. The molecule has 2 aromatic heterocycles. The molecule has 0 saturated heterocycles. The maximum absolute atomic E-state index is 13.1. The SMILES string of the molecule is COc1ccccc1NS(=O)(=O)c1cc(NC(=O)c2cc(C)n(-c3nccs3)c2C)ccc1C. The van der Waals surface area contributed by atoms with Crippen molar-refractivity contribution in [3.8, 4) is 10.9 Å². The van der Waals surface area contributed by atoms with Crippen molar-refractivity contribution in [1.82, 2.24) is 9.55 Å². The zero-order valence-electron chi connectivity index (χ0n) is 19.1. The number of aryl methyl sites for hydroxylation is 2. The molecule has 0 aliphatic rings. The number of methoxy groups -OCH3 is 1. The highest BCUT2D eigenvalue weighted by Crippen LogP contribution is 2.29. The van der Waals surface area contributed by atoms with Crippen LogP contribution in [0.3, 0.4) is 0 Å². The smallest absolute Gasteiger partial charge is 0.262 e. The molecule has 0 bridgehead atoms. The second-order valence-corrected chi connectivity index (χ2v) is 10.2. The van der Waals surface area contributed by atoms with E-state index in [-0.39, 0.29) is 10.8 Å². The fourth-order valence-electron chi connectivity index (χ4n) is 3.71. The minimum absolute atomic E-state index is 0.0597. The first-order valence-corrected chi connectivity index (χ1v) is 12.7. The molecule has 8 nitrogen and oxygen atoms in total. The summed E-state index contributed by atoms with van der Waals surface area (Å²) in [7, 11) is -2.46. The Morgan fingerprint density at radius 1 is 1.09 bits per heavy atom. The number of anilines is 2. The number of benzene rings is 2. The number of carbonyl (C=O) groups excluding carboxylic acids is 1. The van der Waals surface area contributed by atoms with E-state index in [1.165, 1.54) is 24.5 Å². The highest BCUT2D eigenvalue weighted by Gasteiger charge is 2.21. The van der Waals surface area contributed by atoms with Gasteiger partial charge in [-0.1, -0.05) is 18.2 Å². The lowest BCUT2D eigenvalue weighted by Crippen LogP contribution is -2.17. The predicted molar refractivity (Wildman–Crippen MR) is 134 cm³/mol. The molecule has 0 spiro atoms. The lowest BCUT2D eigenvalue weighted by Gasteiger charge is -2.14. The maximum Gasteiger partial charge on any atom is 0.262 e. The van der Waals surface area contributed by atoms with Gasteiger partial charge in [-0.05, 0) is 56.7 Å². The average Bonchev–Trinajstić information content (AvgIpc) is 3.42. The van der Waals surface area contributed by atoms with Crippen LogP contribution in [0.1, 0.15) is 27.3 Å². The Morgan fingerprint density at radius 3 is 2.56 bits per heavy atom. The second kappa shape index (κ2) is 9.32. The Morgan fingerprint density at radius 2 is 1.85 bits per heavy atom. The lowest BCUT2D eigenvalue weighted by molar-refractivity contribution is 0.102. The van der Waals surface area contributed by atoms with Gasteiger partial charge in [0.15, 0.2) is 5.13 Å². The number of nitrogens with zero attached hydrogens (tertiary/aromatic N) is 2. The van der Waals surface area contributed by atoms with Gasteiger partial charge in [0.2, 0.25) is 0 Å². The number of aromatic nitrogens is 2. The minimum atomic E-state index is -3.93. The summed E-state index contributed by atoms with van der Waals surface area (Å²) in [4.78, 5) is 17.5. The van der Waals surface area contributed by atoms with Crippen LogP contribution in [0.5, 0.6) is 5.75 Å². The molecule has 0 fully saturated rings. The van der Waals surface area contributed by atoms with Crippen LogP contribution in [0.4, 0.5) is 11.4 Å². The van der Waals surface area contributed by atoms with Crippen molar-refractivity contribution >= 4 is 38.6 Å². The van der Waals surface area contributed by atoms with Gasteiger partial charge in [0.1, 0.15) is 5.75 Å². The van der Waals surface area contributed by atoms with Gasteiger partial charge in [0, 0.05) is 28.7 Å². The largest absolute Gasteiger partial charge is 0.495 e. The van der Waals surface area contributed by atoms with Gasteiger partial charge in [-0.3, -0.25) is 14.1 Å². The van der Waals surface area contributed by atoms with Crippen molar-refractivity contribution in [2.24, 2.45) is 0 Å². The van der Waals surface area contributed by atoms with Crippen molar-refractivity contribution in [2.75, 3.05) is 17.1 Å². The van der Waals surface area contributed by atoms with E-state index < -0.39 is 10.0 Å². The molecule has 4 rings (SSSR count). The lowest BCUT2D eigenvalue weighted by atomic mass is 10.2. The van der Waals surface area contributed by atoms with Crippen LogP contribution >= 0.6 is 11.3 Å². The number of nitrogens with one attached hydrogen (secondary N) is 2. The predicted octanol–water partition coefficient (Wildman–Crippen LogP) is 4.92. The van der Waals surface area contributed by atoms with Crippen molar-refractivity contribution in [3.63, 3.8) is 0 Å². The molecule has 0 atom stereocenters. The molecule has 2 aromatic carbocycles. The summed E-state index contributed by atoms with van der Waals surface area (Å²) in [6.07, 6.45) is 1.71. The molecule has 176 valence electrons. The van der Waals surface area contributed by atoms with Crippen molar-refractivity contribution in [3.05, 3.63) is 82.6 Å². The summed E-state index contributed by atoms with van der Waals surface area (Å²) in [5.41, 5.74) is 3.37. The van der Waals surface area contributed by atoms with Crippen LogP contribution in [0, 0.1) is 20.8 Å². The average molecular weight is 497 g/mol. The summed E-state index contributed by atoms with van der Waals surface area (Å²) in [6, 6.07) is 13.3. The molecule has 2 heterocycles. The maximum atomic E-state index is 13.1. The summed E-state index contributed by atoms with van der Waals surface area (Å²) in [5.74, 6) is 0.0737. The first-order valence-electron chi connectivity index (χ1n) is 10.4. The Labute approximate surface area is 202 Å². The van der Waals surface area contributed by atoms with Gasteiger partial charge in [-0.2, -0.15) is 0 Å². The first-order chi connectivity index (χ1) is 16.2. The molecule has 2 N–H and O–H groups in total. The quantitative estimate of drug-likeness (QED) is 0.378. The number of carbonyl (C=O) groups is 1. The Hall–Kier alpha value is -3.63. The number of sulfonamides is 1. The van der Waals surface area contributed by atoms with Crippen molar-refractivity contribution in [1.29, 1.82) is 0 Å². The monoisotopic (exact) mass is 496 g/mol. The van der Waals surface area contributed by atoms with Crippen LogP contribution in [0.2, 0.25) is 0 Å². The molecule has 0 aliphatic carbocycles. The van der Waals surface area contributed by atoms with Gasteiger partial charge in [-0.15, -0.1) is 11.3 Å². The second-order valence-electron chi connectivity index (χ2n) is 7.68. The summed E-state index contributed by atoms with van der Waals surface area (Å²) < 4.78 is 36.0. The number of hydrogen-bond donors (Lipinski definition) is 2. The molecule has 0 unspecified atom stereocenters. The number of ether oxygens (including phenoxy) is 1. The van der Waals surface area contributed by atoms with Crippen LogP contribution in [-0.4, -0.2) is 31.0 Å². The van der Waals surface area contributed by atoms with Crippen molar-refractivity contribution in [2.45, 2.75) is 25.7 Å². The molecule has 0 radical (unpaired) electrons. The van der Waals surface area contributed by atoms with E-state index in [4.69, 9.17) is 4.74 Å². The fourth-order valence-corrected chi connectivity index (χ4v) is 5.80. The molecule has 34 heavy (non-hydrogen) atoms. The van der Waals surface area contributed by atoms with E-state index in [2.05, 4.69) is 15.0 Å². The summed E-state index contributed by atoms with van der Waals surface area (Å²) in [6.45, 7) is 5.46. The first kappa shape index (κ1) is 23.5. The highest BCUT2D eigenvalue weighted by molar-refractivity contribution is 7.92. The topological polar surface area (TPSA) is 102 Å². The standard InChI is InChI=1S/C24H24N4O4S2/c1-15-9-10-18(14-22(15)34(30,31)27-20-7-5-6-8-21(20)32-4)26-23(29)19-13-16(2)28(17(19)3)24-25-11-12-33-24/h5-14,27H,1-4H3,(H,26,29). The van der Waals surface area contributed by atoms with Crippen LogP contribution in [0.15, 0.2) is 65.0 Å². The van der Waals surface area contributed by atoms with Crippen LogP contribution in [-0.2, 0) is 10.0 Å². The third kappa shape index (κ3) is 4.55. The molecule has 0 aliphatic heterocycles. The third-order valence-corrected chi connectivity index (χ3v) is 7.64. The van der Waals surface area contributed by atoms with Crippen molar-refractivity contribution < 1.29 is 17.9 Å². The number of hydrogen-bond acceptors (Lipinski definition) is 6. The number of amides is 1. The molecule has 1 amide bonds. The van der Waals surface area contributed by atoms with Gasteiger partial charge >= 0.3 is 0 Å². The van der Waals surface area contributed by atoms with E-state index >= 15 is 0 Å². The molecule has 10 heteroatoms. The fraction of sp³-hybridized carbons (Fsp3) is 0.167. The van der Waals surface area contributed by atoms with Crippen LogP contribution in [0.25, 0.3) is 5.13 Å². The third-order valence-electron chi connectivity index (χ3n) is 5.37. The zero-order chi connectivity index (χ0) is 24.5. The van der Waals surface area contributed by atoms with Crippen LogP contribution < -0.4 is 14.8 Å². The summed E-state index contributed by atoms with van der Waals surface area (Å²) >= 11 is 1.48. The zero-order valence-corrected chi connectivity index (χ0v) is 20.8. The van der Waals surface area contributed by atoms with E-state index in [1.807, 2.05) is 23.8 Å². The van der Waals surface area contributed by atoms with E-state index in [9.17, 15) is 13.2 Å².